The fourth-order valence-electron chi connectivity index (χ4n) is 3.67. The zero-order valence-corrected chi connectivity index (χ0v) is 19.2. The Balaban J connectivity index is 1.62. The molecule has 1 aliphatic rings. The average Bonchev–Trinajstić information content (AvgIpc) is 3.13. The van der Waals surface area contributed by atoms with Crippen molar-refractivity contribution in [2.45, 2.75) is 38.0 Å². The van der Waals surface area contributed by atoms with E-state index in [2.05, 4.69) is 15.2 Å². The Morgan fingerprint density at radius 2 is 1.84 bits per heavy atom. The number of carbonyl (C=O) groups is 1. The van der Waals surface area contributed by atoms with Crippen LogP contribution in [0.25, 0.3) is 0 Å². The fourth-order valence-corrected chi connectivity index (χ4v) is 4.70. The van der Waals surface area contributed by atoms with Crippen LogP contribution in [0.2, 0.25) is 5.02 Å². The zero-order valence-electron chi connectivity index (χ0n) is 17.6. The van der Waals surface area contributed by atoms with Gasteiger partial charge in [0.1, 0.15) is 5.76 Å². The first kappa shape index (κ1) is 22.1. The Morgan fingerprint density at radius 1 is 1.09 bits per heavy atom. The molecular formula is C23H22ClN3O4S. The Morgan fingerprint density at radius 3 is 2.59 bits per heavy atom. The van der Waals surface area contributed by atoms with Gasteiger partial charge in [0, 0.05) is 28.3 Å². The van der Waals surface area contributed by atoms with Gasteiger partial charge in [0.15, 0.2) is 5.76 Å². The number of benzene rings is 2. The van der Waals surface area contributed by atoms with Crippen LogP contribution in [-0.4, -0.2) is 20.0 Å². The van der Waals surface area contributed by atoms with E-state index >= 15 is 0 Å². The van der Waals surface area contributed by atoms with Crippen molar-refractivity contribution >= 4 is 38.9 Å². The topological polar surface area (TPSA) is 101 Å². The number of anilines is 1. The number of aryl methyl sites for hydroxylation is 2. The molecule has 0 spiro atoms. The maximum atomic E-state index is 12.9. The molecular weight excluding hydrogens is 450 g/mol. The monoisotopic (exact) mass is 471 g/mol. The SMILES string of the molecule is Cc1ccc(Cl)cc1NC(=O)c1oc2c(c1C)/C(=N/NS(=O)(=O)c1ccccc1)CCC2. The molecule has 2 aromatic carbocycles. The zero-order chi connectivity index (χ0) is 22.9. The Bertz CT molecular complexity index is 1310. The van der Waals surface area contributed by atoms with Crippen LogP contribution >= 0.6 is 11.6 Å². The standard InChI is InChI=1S/C23H22ClN3O4S/c1-14-11-12-16(24)13-19(14)25-23(28)22-15(2)21-18(9-6-10-20(21)31-22)26-27-32(29,30)17-7-4-3-5-8-17/h3-5,7-8,11-13,27H,6,9-10H2,1-2H3,(H,25,28)/b26-18+. The van der Waals surface area contributed by atoms with Crippen LogP contribution < -0.4 is 10.1 Å². The van der Waals surface area contributed by atoms with Gasteiger partial charge in [-0.15, -0.1) is 0 Å². The first-order valence-electron chi connectivity index (χ1n) is 10.1. The van der Waals surface area contributed by atoms with E-state index in [0.717, 1.165) is 12.0 Å². The lowest BCUT2D eigenvalue weighted by Gasteiger charge is -2.14. The summed E-state index contributed by atoms with van der Waals surface area (Å²) in [4.78, 5) is 15.4. The van der Waals surface area contributed by atoms with Crippen molar-refractivity contribution in [3.8, 4) is 0 Å². The Hall–Kier alpha value is -3.10. The normalized spacial score (nSPS) is 14.8. The van der Waals surface area contributed by atoms with E-state index in [9.17, 15) is 13.2 Å². The number of hydrogen-bond acceptors (Lipinski definition) is 5. The lowest BCUT2D eigenvalue weighted by Crippen LogP contribution is -2.22. The predicted molar refractivity (Wildman–Crippen MR) is 124 cm³/mol. The summed E-state index contributed by atoms with van der Waals surface area (Å²) in [5.74, 6) is 0.403. The summed E-state index contributed by atoms with van der Waals surface area (Å²) < 4.78 is 30.9. The van der Waals surface area contributed by atoms with Crippen molar-refractivity contribution in [1.29, 1.82) is 0 Å². The molecule has 0 saturated carbocycles. The third-order valence-corrected chi connectivity index (χ3v) is 6.79. The third kappa shape index (κ3) is 4.42. The average molecular weight is 472 g/mol. The molecule has 0 unspecified atom stereocenters. The molecule has 32 heavy (non-hydrogen) atoms. The van der Waals surface area contributed by atoms with Gasteiger partial charge < -0.3 is 9.73 Å². The summed E-state index contributed by atoms with van der Waals surface area (Å²) in [6.07, 6.45) is 1.95. The first-order chi connectivity index (χ1) is 15.3. The summed E-state index contributed by atoms with van der Waals surface area (Å²) in [6, 6.07) is 13.3. The van der Waals surface area contributed by atoms with Gasteiger partial charge in [0.25, 0.3) is 15.9 Å². The molecule has 1 aliphatic carbocycles. The molecule has 0 fully saturated rings. The lowest BCUT2D eigenvalue weighted by molar-refractivity contribution is 0.0994. The van der Waals surface area contributed by atoms with Crippen molar-refractivity contribution in [2.24, 2.45) is 5.10 Å². The highest BCUT2D eigenvalue weighted by atomic mass is 35.5. The number of halogens is 1. The van der Waals surface area contributed by atoms with E-state index in [1.807, 2.05) is 13.0 Å². The number of furan rings is 1. The van der Waals surface area contributed by atoms with E-state index in [-0.39, 0.29) is 10.7 Å². The molecule has 0 aliphatic heterocycles. The highest BCUT2D eigenvalue weighted by molar-refractivity contribution is 7.89. The molecule has 0 bridgehead atoms. The number of carbonyl (C=O) groups excluding carboxylic acids is 1. The largest absolute Gasteiger partial charge is 0.455 e. The van der Waals surface area contributed by atoms with Crippen molar-refractivity contribution in [2.75, 3.05) is 5.32 Å². The van der Waals surface area contributed by atoms with Crippen molar-refractivity contribution < 1.29 is 17.6 Å². The number of nitrogens with one attached hydrogen (secondary N) is 2. The molecule has 4 rings (SSSR count). The lowest BCUT2D eigenvalue weighted by atomic mass is 9.93. The number of nitrogens with zero attached hydrogens (tertiary/aromatic N) is 1. The molecule has 166 valence electrons. The van der Waals surface area contributed by atoms with Gasteiger partial charge >= 0.3 is 0 Å². The smallest absolute Gasteiger partial charge is 0.291 e. The number of amides is 1. The molecule has 0 saturated heterocycles. The molecule has 1 amide bonds. The van der Waals surface area contributed by atoms with Crippen molar-refractivity contribution in [1.82, 2.24) is 4.83 Å². The summed E-state index contributed by atoms with van der Waals surface area (Å²) >= 11 is 6.05. The van der Waals surface area contributed by atoms with Gasteiger partial charge in [-0.2, -0.15) is 18.4 Å². The maximum absolute atomic E-state index is 12.9. The van der Waals surface area contributed by atoms with Gasteiger partial charge in [-0.1, -0.05) is 35.9 Å². The van der Waals surface area contributed by atoms with Gasteiger partial charge in [-0.3, -0.25) is 4.79 Å². The number of hydrazone groups is 1. The molecule has 9 heteroatoms. The van der Waals surface area contributed by atoms with Crippen molar-refractivity contribution in [3.63, 3.8) is 0 Å². The second-order valence-corrected chi connectivity index (χ2v) is 9.68. The van der Waals surface area contributed by atoms with Gasteiger partial charge in [-0.25, -0.2) is 0 Å². The van der Waals surface area contributed by atoms with E-state index in [1.165, 1.54) is 12.1 Å². The number of fused-ring (bicyclic) bond motifs is 1. The van der Waals surface area contributed by atoms with E-state index in [4.69, 9.17) is 16.0 Å². The fraction of sp³-hybridized carbons (Fsp3) is 0.217. The number of hydrogen-bond donors (Lipinski definition) is 2. The van der Waals surface area contributed by atoms with Crippen molar-refractivity contribution in [3.05, 3.63) is 81.8 Å². The minimum absolute atomic E-state index is 0.126. The molecule has 2 N–H and O–H groups in total. The molecule has 1 aromatic heterocycles. The second kappa shape index (κ2) is 8.80. The summed E-state index contributed by atoms with van der Waals surface area (Å²) in [5.41, 5.74) is 3.31. The molecule has 3 aromatic rings. The van der Waals surface area contributed by atoms with Crippen LogP contribution in [0.5, 0.6) is 0 Å². The Kier molecular flexibility index (Phi) is 6.08. The molecule has 7 nitrogen and oxygen atoms in total. The predicted octanol–water partition coefficient (Wildman–Crippen LogP) is 4.82. The van der Waals surface area contributed by atoms with E-state index in [1.54, 1.807) is 37.3 Å². The summed E-state index contributed by atoms with van der Waals surface area (Å²) in [7, 11) is -3.79. The minimum Gasteiger partial charge on any atom is -0.455 e. The minimum atomic E-state index is -3.79. The van der Waals surface area contributed by atoms with Crippen LogP contribution in [0.4, 0.5) is 5.69 Å². The molecule has 1 heterocycles. The van der Waals surface area contributed by atoms with E-state index < -0.39 is 15.9 Å². The number of sulfonamides is 1. The highest BCUT2D eigenvalue weighted by Gasteiger charge is 2.28. The van der Waals surface area contributed by atoms with Crippen LogP contribution in [0.15, 0.2) is 62.9 Å². The van der Waals surface area contributed by atoms with Gasteiger partial charge in [0.2, 0.25) is 0 Å². The highest BCUT2D eigenvalue weighted by Crippen LogP contribution is 2.31. The summed E-state index contributed by atoms with van der Waals surface area (Å²) in [5, 5.41) is 7.54. The summed E-state index contributed by atoms with van der Waals surface area (Å²) in [6.45, 7) is 3.64. The molecule has 0 radical (unpaired) electrons. The third-order valence-electron chi connectivity index (χ3n) is 5.33. The van der Waals surface area contributed by atoms with E-state index in [0.29, 0.717) is 46.2 Å². The maximum Gasteiger partial charge on any atom is 0.291 e. The van der Waals surface area contributed by atoms with Crippen LogP contribution in [0.1, 0.15) is 45.8 Å². The quantitative estimate of drug-likeness (QED) is 0.521. The van der Waals surface area contributed by atoms with Gasteiger partial charge in [0.05, 0.1) is 10.6 Å². The first-order valence-corrected chi connectivity index (χ1v) is 12.0. The van der Waals surface area contributed by atoms with Crippen LogP contribution in [0, 0.1) is 13.8 Å². The van der Waals surface area contributed by atoms with Crippen LogP contribution in [-0.2, 0) is 16.4 Å². The molecule has 0 atom stereocenters. The Labute approximate surface area is 191 Å². The number of rotatable bonds is 5. The van der Waals surface area contributed by atoms with Crippen LogP contribution in [0.3, 0.4) is 0 Å². The second-order valence-electron chi connectivity index (χ2n) is 7.59. The van der Waals surface area contributed by atoms with Gasteiger partial charge in [-0.05, 0) is 56.5 Å².